The van der Waals surface area contributed by atoms with Crippen molar-refractivity contribution < 1.29 is 5.11 Å². The largest absolute Gasteiger partial charge is 0.390 e. The molecular weight excluding hydrogens is 200 g/mol. The van der Waals surface area contributed by atoms with Crippen molar-refractivity contribution in [2.45, 2.75) is 20.5 Å². The van der Waals surface area contributed by atoms with Crippen molar-refractivity contribution in [1.82, 2.24) is 9.55 Å². The summed E-state index contributed by atoms with van der Waals surface area (Å²) in [4.78, 5) is 4.44. The standard InChI is InChI=1S/C13H16N2O/c1-9-4-6-11(7-5-9)13-14-12(8-16)10(2)15(13)3/h4-7,16H,8H2,1-3H3. The normalized spacial score (nSPS) is 10.8. The number of aryl methyl sites for hydroxylation is 1. The summed E-state index contributed by atoms with van der Waals surface area (Å²) in [5.41, 5.74) is 4.07. The van der Waals surface area contributed by atoms with E-state index in [4.69, 9.17) is 0 Å². The third-order valence-electron chi connectivity index (χ3n) is 2.94. The number of aliphatic hydroxyl groups excluding tert-OH is 1. The molecule has 0 aliphatic heterocycles. The molecule has 2 rings (SSSR count). The van der Waals surface area contributed by atoms with Gasteiger partial charge in [-0.1, -0.05) is 29.8 Å². The van der Waals surface area contributed by atoms with Crippen molar-refractivity contribution in [2.24, 2.45) is 7.05 Å². The average Bonchev–Trinajstić information content (AvgIpc) is 2.57. The first-order valence-corrected chi connectivity index (χ1v) is 5.33. The van der Waals surface area contributed by atoms with Crippen molar-refractivity contribution in [2.75, 3.05) is 0 Å². The number of rotatable bonds is 2. The molecule has 0 bridgehead atoms. The van der Waals surface area contributed by atoms with E-state index in [0.29, 0.717) is 0 Å². The van der Waals surface area contributed by atoms with Gasteiger partial charge in [-0.05, 0) is 13.8 Å². The predicted octanol–water partition coefficient (Wildman–Crippen LogP) is 2.20. The van der Waals surface area contributed by atoms with E-state index in [1.165, 1.54) is 5.56 Å². The van der Waals surface area contributed by atoms with Crippen LogP contribution in [-0.2, 0) is 13.7 Å². The highest BCUT2D eigenvalue weighted by atomic mass is 16.3. The van der Waals surface area contributed by atoms with Gasteiger partial charge in [0.15, 0.2) is 0 Å². The van der Waals surface area contributed by atoms with Gasteiger partial charge in [0.2, 0.25) is 0 Å². The van der Waals surface area contributed by atoms with Crippen LogP contribution in [0.5, 0.6) is 0 Å². The van der Waals surface area contributed by atoms with Crippen molar-refractivity contribution in [3.05, 3.63) is 41.2 Å². The molecule has 0 amide bonds. The highest BCUT2D eigenvalue weighted by Crippen LogP contribution is 2.21. The molecule has 0 fully saturated rings. The van der Waals surface area contributed by atoms with Gasteiger partial charge in [0.05, 0.1) is 12.3 Å². The molecule has 0 unspecified atom stereocenters. The molecule has 0 spiro atoms. The van der Waals surface area contributed by atoms with Crippen molar-refractivity contribution >= 4 is 0 Å². The van der Waals surface area contributed by atoms with Gasteiger partial charge in [-0.25, -0.2) is 4.98 Å². The Labute approximate surface area is 95.4 Å². The smallest absolute Gasteiger partial charge is 0.140 e. The summed E-state index contributed by atoms with van der Waals surface area (Å²) >= 11 is 0. The molecule has 0 aliphatic carbocycles. The van der Waals surface area contributed by atoms with Gasteiger partial charge < -0.3 is 9.67 Å². The SMILES string of the molecule is Cc1ccc(-c2nc(CO)c(C)n2C)cc1. The fourth-order valence-corrected chi connectivity index (χ4v) is 1.75. The Morgan fingerprint density at radius 1 is 1.19 bits per heavy atom. The molecule has 84 valence electrons. The fourth-order valence-electron chi connectivity index (χ4n) is 1.75. The zero-order chi connectivity index (χ0) is 11.7. The summed E-state index contributed by atoms with van der Waals surface area (Å²) < 4.78 is 2.01. The summed E-state index contributed by atoms with van der Waals surface area (Å²) in [6.07, 6.45) is 0. The molecule has 0 atom stereocenters. The van der Waals surface area contributed by atoms with Gasteiger partial charge in [-0.2, -0.15) is 0 Å². The molecule has 1 aromatic carbocycles. The predicted molar refractivity (Wildman–Crippen MR) is 64.0 cm³/mol. The molecule has 1 aromatic heterocycles. The van der Waals surface area contributed by atoms with Crippen molar-refractivity contribution in [3.8, 4) is 11.4 Å². The second kappa shape index (κ2) is 4.10. The molecule has 3 nitrogen and oxygen atoms in total. The molecule has 1 heterocycles. The highest BCUT2D eigenvalue weighted by Gasteiger charge is 2.11. The summed E-state index contributed by atoms with van der Waals surface area (Å²) in [6.45, 7) is 4.02. The number of benzene rings is 1. The minimum atomic E-state index is -0.00840. The van der Waals surface area contributed by atoms with E-state index in [0.717, 1.165) is 22.8 Å². The Kier molecular flexibility index (Phi) is 2.79. The van der Waals surface area contributed by atoms with Crippen LogP contribution in [0.15, 0.2) is 24.3 Å². The van der Waals surface area contributed by atoms with Crippen LogP contribution in [-0.4, -0.2) is 14.7 Å². The number of aromatic nitrogens is 2. The monoisotopic (exact) mass is 216 g/mol. The highest BCUT2D eigenvalue weighted by molar-refractivity contribution is 5.57. The minimum Gasteiger partial charge on any atom is -0.390 e. The quantitative estimate of drug-likeness (QED) is 0.835. The number of imidazole rings is 1. The second-order valence-corrected chi connectivity index (χ2v) is 4.05. The molecule has 3 heteroatoms. The molecule has 1 N–H and O–H groups in total. The fraction of sp³-hybridized carbons (Fsp3) is 0.308. The van der Waals surface area contributed by atoms with Crippen molar-refractivity contribution in [1.29, 1.82) is 0 Å². The van der Waals surface area contributed by atoms with Crippen molar-refractivity contribution in [3.63, 3.8) is 0 Å². The molecule has 0 saturated heterocycles. The van der Waals surface area contributed by atoms with Gasteiger partial charge in [-0.15, -0.1) is 0 Å². The zero-order valence-electron chi connectivity index (χ0n) is 9.86. The van der Waals surface area contributed by atoms with Crippen LogP contribution in [0.4, 0.5) is 0 Å². The van der Waals surface area contributed by atoms with E-state index in [-0.39, 0.29) is 6.61 Å². The van der Waals surface area contributed by atoms with E-state index in [1.54, 1.807) is 0 Å². The topological polar surface area (TPSA) is 38.1 Å². The van der Waals surface area contributed by atoms with Crippen LogP contribution >= 0.6 is 0 Å². The Bertz CT molecular complexity index is 497. The van der Waals surface area contributed by atoms with E-state index in [2.05, 4.69) is 36.2 Å². The summed E-state index contributed by atoms with van der Waals surface area (Å²) in [7, 11) is 1.97. The van der Waals surface area contributed by atoms with Gasteiger partial charge in [0.25, 0.3) is 0 Å². The van der Waals surface area contributed by atoms with Crippen LogP contribution < -0.4 is 0 Å². The molecule has 0 saturated carbocycles. The molecule has 16 heavy (non-hydrogen) atoms. The molecule has 0 aliphatic rings. The van der Waals surface area contributed by atoms with E-state index >= 15 is 0 Å². The molecule has 2 aromatic rings. The van der Waals surface area contributed by atoms with Crippen LogP contribution in [0.3, 0.4) is 0 Å². The molecular formula is C13H16N2O. The molecule has 0 radical (unpaired) electrons. The maximum absolute atomic E-state index is 9.17. The third kappa shape index (κ3) is 1.74. The lowest BCUT2D eigenvalue weighted by molar-refractivity contribution is 0.276. The summed E-state index contributed by atoms with van der Waals surface area (Å²) in [5.74, 6) is 0.904. The Hall–Kier alpha value is -1.61. The van der Waals surface area contributed by atoms with Crippen LogP contribution in [0, 0.1) is 13.8 Å². The Morgan fingerprint density at radius 3 is 2.31 bits per heavy atom. The summed E-state index contributed by atoms with van der Waals surface area (Å²) in [5, 5.41) is 9.17. The number of aliphatic hydroxyl groups is 1. The van der Waals surface area contributed by atoms with Gasteiger partial charge in [-0.3, -0.25) is 0 Å². The van der Waals surface area contributed by atoms with Gasteiger partial charge in [0.1, 0.15) is 5.82 Å². The number of hydrogen-bond donors (Lipinski definition) is 1. The van der Waals surface area contributed by atoms with Crippen LogP contribution in [0.1, 0.15) is 17.0 Å². The first-order chi connectivity index (χ1) is 7.63. The lowest BCUT2D eigenvalue weighted by Crippen LogP contribution is -1.95. The van der Waals surface area contributed by atoms with Gasteiger partial charge in [0, 0.05) is 18.3 Å². The zero-order valence-corrected chi connectivity index (χ0v) is 9.86. The maximum Gasteiger partial charge on any atom is 0.140 e. The first-order valence-electron chi connectivity index (χ1n) is 5.33. The maximum atomic E-state index is 9.17. The average molecular weight is 216 g/mol. The second-order valence-electron chi connectivity index (χ2n) is 4.05. The lowest BCUT2D eigenvalue weighted by atomic mass is 10.1. The van der Waals surface area contributed by atoms with Gasteiger partial charge >= 0.3 is 0 Å². The van der Waals surface area contributed by atoms with Crippen LogP contribution in [0.25, 0.3) is 11.4 Å². The Balaban J connectivity index is 2.52. The third-order valence-corrected chi connectivity index (χ3v) is 2.94. The minimum absolute atomic E-state index is 0.00840. The van der Waals surface area contributed by atoms with Crippen LogP contribution in [0.2, 0.25) is 0 Å². The lowest BCUT2D eigenvalue weighted by Gasteiger charge is -2.03. The number of hydrogen-bond acceptors (Lipinski definition) is 2. The van der Waals surface area contributed by atoms with E-state index in [1.807, 2.05) is 18.5 Å². The Morgan fingerprint density at radius 2 is 1.81 bits per heavy atom. The number of nitrogens with zero attached hydrogens (tertiary/aromatic N) is 2. The summed E-state index contributed by atoms with van der Waals surface area (Å²) in [6, 6.07) is 8.24. The van der Waals surface area contributed by atoms with E-state index in [9.17, 15) is 5.11 Å². The first kappa shape index (κ1) is 10.9. The van der Waals surface area contributed by atoms with E-state index < -0.39 is 0 Å².